The van der Waals surface area contributed by atoms with Crippen molar-refractivity contribution in [3.05, 3.63) is 45.5 Å². The Bertz CT molecular complexity index is 1040. The van der Waals surface area contributed by atoms with Crippen LogP contribution >= 0.6 is 23.2 Å². The zero-order chi connectivity index (χ0) is 21.3. The van der Waals surface area contributed by atoms with Crippen LogP contribution in [-0.4, -0.2) is 48.5 Å². The summed E-state index contributed by atoms with van der Waals surface area (Å²) in [5.74, 6) is -0.111. The molecule has 1 unspecified atom stereocenters. The molecule has 30 heavy (non-hydrogen) atoms. The van der Waals surface area contributed by atoms with Crippen molar-refractivity contribution < 1.29 is 4.39 Å². The van der Waals surface area contributed by atoms with Crippen molar-refractivity contribution in [3.8, 4) is 0 Å². The predicted molar refractivity (Wildman–Crippen MR) is 121 cm³/mol. The van der Waals surface area contributed by atoms with E-state index >= 15 is 0 Å². The van der Waals surface area contributed by atoms with Crippen molar-refractivity contribution in [2.45, 2.75) is 19.4 Å². The quantitative estimate of drug-likeness (QED) is 0.530. The third-order valence-corrected chi connectivity index (χ3v) is 6.09. The maximum atomic E-state index is 13.4. The van der Waals surface area contributed by atoms with Crippen molar-refractivity contribution in [3.63, 3.8) is 0 Å². The fraction of sp³-hybridized carbons (Fsp3) is 0.350. The molecule has 7 nitrogen and oxygen atoms in total. The van der Waals surface area contributed by atoms with Crippen molar-refractivity contribution >= 4 is 52.8 Å². The molecule has 3 N–H and O–H groups in total. The molecule has 1 aliphatic heterocycles. The van der Waals surface area contributed by atoms with Crippen LogP contribution in [0, 0.1) is 0 Å². The lowest BCUT2D eigenvalue weighted by molar-refractivity contribution is 0.384. The number of hydrogen-bond donors (Lipinski definition) is 2. The molecular weight excluding hydrogens is 428 g/mol. The van der Waals surface area contributed by atoms with Gasteiger partial charge >= 0.3 is 0 Å². The lowest BCUT2D eigenvalue weighted by Gasteiger charge is -2.30. The average Bonchev–Trinajstić information content (AvgIpc) is 3.12. The standard InChI is InChI=1S/C20H22Cl2FN7/c1-12-15(23)7-18(12)30-20(22)17(10-28-30)26-9-13-6-14(21)19(8-16(13)27-11-24)29-4-2-25-3-5-29/h6,8-11,18,25H,2-5,7H2,1H3,(H2,24,27). The number of nitrogens with one attached hydrogen (secondary N) is 1. The van der Waals surface area contributed by atoms with Gasteiger partial charge in [0.15, 0.2) is 5.15 Å². The van der Waals surface area contributed by atoms with E-state index in [1.807, 2.05) is 12.1 Å². The molecule has 1 aliphatic carbocycles. The Labute approximate surface area is 184 Å². The Kier molecular flexibility index (Phi) is 6.08. The molecular formula is C20H22Cl2FN7. The molecule has 158 valence electrons. The van der Waals surface area contributed by atoms with Gasteiger partial charge in [-0.05, 0) is 24.6 Å². The van der Waals surface area contributed by atoms with E-state index in [1.165, 1.54) is 6.34 Å². The van der Waals surface area contributed by atoms with Crippen LogP contribution < -0.4 is 16.0 Å². The molecule has 2 aromatic rings. The third-order valence-electron chi connectivity index (χ3n) is 5.42. The SMILES string of the molecule is CC1=C(F)CC1n1ncc(N=Cc2cc(Cl)c(N3CCNCC3)cc2N=CN)c1Cl. The van der Waals surface area contributed by atoms with Crippen molar-refractivity contribution in [1.29, 1.82) is 0 Å². The first-order valence-electron chi connectivity index (χ1n) is 9.65. The summed E-state index contributed by atoms with van der Waals surface area (Å²) >= 11 is 13.0. The minimum absolute atomic E-state index is 0.111. The number of allylic oxidation sites excluding steroid dienone is 2. The van der Waals surface area contributed by atoms with Crippen LogP contribution in [0.25, 0.3) is 0 Å². The van der Waals surface area contributed by atoms with Gasteiger partial charge in [0.25, 0.3) is 0 Å². The van der Waals surface area contributed by atoms with Gasteiger partial charge in [0.1, 0.15) is 11.5 Å². The van der Waals surface area contributed by atoms with Crippen LogP contribution in [0.3, 0.4) is 0 Å². The molecule has 10 heteroatoms. The number of benzene rings is 1. The highest BCUT2D eigenvalue weighted by atomic mass is 35.5. The summed E-state index contributed by atoms with van der Waals surface area (Å²) in [4.78, 5) is 10.9. The summed E-state index contributed by atoms with van der Waals surface area (Å²) in [5, 5.41) is 8.56. The number of aliphatic imine (C=N–C) groups is 2. The van der Waals surface area contributed by atoms with E-state index in [9.17, 15) is 4.39 Å². The van der Waals surface area contributed by atoms with E-state index in [4.69, 9.17) is 28.9 Å². The number of halogens is 3. The second-order valence-electron chi connectivity index (χ2n) is 7.21. The summed E-state index contributed by atoms with van der Waals surface area (Å²) in [5.41, 5.74) is 8.95. The Morgan fingerprint density at radius 2 is 2.00 bits per heavy atom. The molecule has 1 aromatic carbocycles. The maximum absolute atomic E-state index is 13.4. The molecule has 2 aliphatic rings. The van der Waals surface area contributed by atoms with Crippen LogP contribution in [0.15, 0.2) is 39.7 Å². The number of anilines is 1. The van der Waals surface area contributed by atoms with Gasteiger partial charge in [0.05, 0.1) is 35.0 Å². The molecule has 0 radical (unpaired) electrons. The first-order chi connectivity index (χ1) is 14.5. The van der Waals surface area contributed by atoms with E-state index in [-0.39, 0.29) is 11.9 Å². The van der Waals surface area contributed by atoms with Gasteiger partial charge in [-0.2, -0.15) is 5.10 Å². The number of nitrogens with zero attached hydrogens (tertiary/aromatic N) is 5. The van der Waals surface area contributed by atoms with Gasteiger partial charge in [0, 0.05) is 44.4 Å². The van der Waals surface area contributed by atoms with E-state index in [2.05, 4.69) is 25.3 Å². The van der Waals surface area contributed by atoms with Gasteiger partial charge < -0.3 is 16.0 Å². The molecule has 1 atom stereocenters. The Morgan fingerprint density at radius 3 is 2.67 bits per heavy atom. The lowest BCUT2D eigenvalue weighted by Crippen LogP contribution is -2.43. The first kappa shape index (κ1) is 20.8. The second kappa shape index (κ2) is 8.75. The third kappa shape index (κ3) is 3.95. The van der Waals surface area contributed by atoms with Gasteiger partial charge in [-0.25, -0.2) is 14.1 Å². The fourth-order valence-corrected chi connectivity index (χ4v) is 4.15. The van der Waals surface area contributed by atoms with Crippen molar-refractivity contribution in [2.24, 2.45) is 15.7 Å². The number of hydrogen-bond acceptors (Lipinski definition) is 5. The lowest BCUT2D eigenvalue weighted by atomic mass is 9.92. The number of rotatable bonds is 5. The summed E-state index contributed by atoms with van der Waals surface area (Å²) in [6.45, 7) is 5.27. The molecule has 0 bridgehead atoms. The Morgan fingerprint density at radius 1 is 1.23 bits per heavy atom. The largest absolute Gasteiger partial charge is 0.390 e. The molecule has 1 fully saturated rings. The van der Waals surface area contributed by atoms with E-state index in [0.717, 1.165) is 31.9 Å². The maximum Gasteiger partial charge on any atom is 0.153 e. The van der Waals surface area contributed by atoms with Gasteiger partial charge in [-0.15, -0.1) is 0 Å². The van der Waals surface area contributed by atoms with Gasteiger partial charge in [-0.1, -0.05) is 23.2 Å². The minimum atomic E-state index is -0.161. The number of nitrogens with two attached hydrogens (primary N) is 1. The summed E-state index contributed by atoms with van der Waals surface area (Å²) in [7, 11) is 0. The minimum Gasteiger partial charge on any atom is -0.390 e. The smallest absolute Gasteiger partial charge is 0.153 e. The van der Waals surface area contributed by atoms with Crippen LogP contribution in [0.2, 0.25) is 10.2 Å². The number of aromatic nitrogens is 2. The van der Waals surface area contributed by atoms with Crippen LogP contribution in [0.5, 0.6) is 0 Å². The normalized spacial score (nSPS) is 19.9. The summed E-state index contributed by atoms with van der Waals surface area (Å²) < 4.78 is 15.0. The van der Waals surface area contributed by atoms with Crippen molar-refractivity contribution in [2.75, 3.05) is 31.1 Å². The highest BCUT2D eigenvalue weighted by Crippen LogP contribution is 2.42. The molecule has 0 spiro atoms. The molecule has 2 heterocycles. The van der Waals surface area contributed by atoms with E-state index in [1.54, 1.807) is 24.0 Å². The Hall–Kier alpha value is -2.42. The van der Waals surface area contributed by atoms with E-state index < -0.39 is 0 Å². The average molecular weight is 450 g/mol. The van der Waals surface area contributed by atoms with Crippen LogP contribution in [0.1, 0.15) is 24.9 Å². The number of piperazine rings is 1. The van der Waals surface area contributed by atoms with Gasteiger partial charge in [-0.3, -0.25) is 4.99 Å². The Balaban J connectivity index is 1.62. The molecule has 1 saturated heterocycles. The predicted octanol–water partition coefficient (Wildman–Crippen LogP) is 4.16. The second-order valence-corrected chi connectivity index (χ2v) is 7.97. The monoisotopic (exact) mass is 449 g/mol. The molecule has 4 rings (SSSR count). The summed E-state index contributed by atoms with van der Waals surface area (Å²) in [6, 6.07) is 3.57. The van der Waals surface area contributed by atoms with E-state index in [0.29, 0.717) is 39.1 Å². The summed E-state index contributed by atoms with van der Waals surface area (Å²) in [6.07, 6.45) is 4.74. The zero-order valence-corrected chi connectivity index (χ0v) is 18.0. The highest BCUT2D eigenvalue weighted by molar-refractivity contribution is 6.34. The van der Waals surface area contributed by atoms with Gasteiger partial charge in [0.2, 0.25) is 0 Å². The molecule has 1 aromatic heterocycles. The highest BCUT2D eigenvalue weighted by Gasteiger charge is 2.30. The molecule has 0 amide bonds. The van der Waals surface area contributed by atoms with Crippen LogP contribution in [-0.2, 0) is 0 Å². The topological polar surface area (TPSA) is 83.8 Å². The molecule has 0 saturated carbocycles. The first-order valence-corrected chi connectivity index (χ1v) is 10.4. The fourth-order valence-electron chi connectivity index (χ4n) is 3.59. The van der Waals surface area contributed by atoms with Crippen molar-refractivity contribution in [1.82, 2.24) is 15.1 Å². The zero-order valence-electron chi connectivity index (χ0n) is 16.4. The van der Waals surface area contributed by atoms with Crippen LogP contribution in [0.4, 0.5) is 21.5 Å².